The summed E-state index contributed by atoms with van der Waals surface area (Å²) in [7, 11) is 0. The first kappa shape index (κ1) is 18.7. The molecular weight excluding hydrogens is 316 g/mol. The first-order chi connectivity index (χ1) is 11.9. The van der Waals surface area contributed by atoms with Crippen molar-refractivity contribution in [1.82, 2.24) is 0 Å². The quantitative estimate of drug-likeness (QED) is 0.718. The fraction of sp³-hybridized carbons (Fsp3) is 0.300. The van der Waals surface area contributed by atoms with Crippen molar-refractivity contribution >= 4 is 23.2 Å². The molecule has 5 heteroatoms. The van der Waals surface area contributed by atoms with Gasteiger partial charge in [0, 0.05) is 17.8 Å². The predicted octanol–water partition coefficient (Wildman–Crippen LogP) is 3.73. The van der Waals surface area contributed by atoms with E-state index in [4.69, 9.17) is 0 Å². The number of amides is 2. The predicted molar refractivity (Wildman–Crippen MR) is 99.2 cm³/mol. The van der Waals surface area contributed by atoms with E-state index >= 15 is 0 Å². The van der Waals surface area contributed by atoms with Crippen LogP contribution in [0.15, 0.2) is 54.6 Å². The second-order valence-corrected chi connectivity index (χ2v) is 6.40. The van der Waals surface area contributed by atoms with Crippen molar-refractivity contribution in [3.8, 4) is 0 Å². The molecule has 0 aliphatic carbocycles. The maximum Gasteiger partial charge on any atom is 0.227 e. The summed E-state index contributed by atoms with van der Waals surface area (Å²) in [5.41, 5.74) is 2.01. The largest absolute Gasteiger partial charge is 0.388 e. The van der Waals surface area contributed by atoms with Gasteiger partial charge in [-0.3, -0.25) is 9.59 Å². The van der Waals surface area contributed by atoms with Crippen LogP contribution < -0.4 is 10.6 Å². The lowest BCUT2D eigenvalue weighted by molar-refractivity contribution is -0.118. The van der Waals surface area contributed by atoms with Crippen molar-refractivity contribution in [3.63, 3.8) is 0 Å². The van der Waals surface area contributed by atoms with E-state index in [1.165, 1.54) is 0 Å². The van der Waals surface area contributed by atoms with Gasteiger partial charge in [0.15, 0.2) is 0 Å². The van der Waals surface area contributed by atoms with Crippen LogP contribution in [0.3, 0.4) is 0 Å². The highest BCUT2D eigenvalue weighted by Gasteiger charge is 2.13. The Morgan fingerprint density at radius 3 is 1.80 bits per heavy atom. The summed E-state index contributed by atoms with van der Waals surface area (Å²) in [5.74, 6) is 0.000295. The van der Waals surface area contributed by atoms with Crippen LogP contribution in [0.1, 0.15) is 38.4 Å². The van der Waals surface area contributed by atoms with Gasteiger partial charge in [0.05, 0.1) is 12.5 Å². The molecule has 25 heavy (non-hydrogen) atoms. The van der Waals surface area contributed by atoms with Gasteiger partial charge in [-0.15, -0.1) is 0 Å². The van der Waals surface area contributed by atoms with Crippen molar-refractivity contribution in [2.75, 3.05) is 10.6 Å². The highest BCUT2D eigenvalue weighted by molar-refractivity contribution is 5.93. The molecule has 132 valence electrons. The fourth-order valence-corrected chi connectivity index (χ4v) is 2.40. The average molecular weight is 340 g/mol. The standard InChI is InChI=1S/C20H24N2O3/c1-14(2)12-19(24)21-16-8-10-17(11-9-16)22-20(25)13-18(23)15-6-4-3-5-7-15/h3-11,14,18,23H,12-13H2,1-2H3,(H,21,24)(H,22,25). The highest BCUT2D eigenvalue weighted by Crippen LogP contribution is 2.18. The van der Waals surface area contributed by atoms with Crippen LogP contribution in [0.4, 0.5) is 11.4 Å². The van der Waals surface area contributed by atoms with Gasteiger partial charge in [0.25, 0.3) is 0 Å². The second kappa shape index (κ2) is 8.99. The molecule has 0 aliphatic rings. The molecule has 2 amide bonds. The lowest BCUT2D eigenvalue weighted by Crippen LogP contribution is -2.16. The number of aliphatic hydroxyl groups excluding tert-OH is 1. The number of anilines is 2. The van der Waals surface area contributed by atoms with Crippen molar-refractivity contribution in [1.29, 1.82) is 0 Å². The molecule has 3 N–H and O–H groups in total. The Hall–Kier alpha value is -2.66. The third-order valence-electron chi connectivity index (χ3n) is 3.61. The molecule has 1 atom stereocenters. The zero-order chi connectivity index (χ0) is 18.2. The molecule has 2 aromatic carbocycles. The first-order valence-corrected chi connectivity index (χ1v) is 8.37. The second-order valence-electron chi connectivity index (χ2n) is 6.40. The molecule has 0 aromatic heterocycles. The molecule has 0 fully saturated rings. The van der Waals surface area contributed by atoms with Gasteiger partial charge in [-0.1, -0.05) is 44.2 Å². The SMILES string of the molecule is CC(C)CC(=O)Nc1ccc(NC(=O)CC(O)c2ccccc2)cc1. The van der Waals surface area contributed by atoms with Crippen LogP contribution in [0.2, 0.25) is 0 Å². The molecule has 0 heterocycles. The van der Waals surface area contributed by atoms with Gasteiger partial charge in [-0.2, -0.15) is 0 Å². The lowest BCUT2D eigenvalue weighted by Gasteiger charge is -2.12. The summed E-state index contributed by atoms with van der Waals surface area (Å²) >= 11 is 0. The van der Waals surface area contributed by atoms with Crippen molar-refractivity contribution in [2.45, 2.75) is 32.8 Å². The smallest absolute Gasteiger partial charge is 0.227 e. The van der Waals surface area contributed by atoms with Gasteiger partial charge >= 0.3 is 0 Å². The Balaban J connectivity index is 1.86. The molecule has 0 saturated carbocycles. The number of hydrogen-bond acceptors (Lipinski definition) is 3. The molecule has 2 rings (SSSR count). The maximum absolute atomic E-state index is 12.0. The summed E-state index contributed by atoms with van der Waals surface area (Å²) in [4.78, 5) is 23.8. The summed E-state index contributed by atoms with van der Waals surface area (Å²) < 4.78 is 0. The normalized spacial score (nSPS) is 11.8. The fourth-order valence-electron chi connectivity index (χ4n) is 2.40. The van der Waals surface area contributed by atoms with E-state index in [9.17, 15) is 14.7 Å². The van der Waals surface area contributed by atoms with Gasteiger partial charge in [0.2, 0.25) is 11.8 Å². The molecule has 0 radical (unpaired) electrons. The van der Waals surface area contributed by atoms with Crippen LogP contribution in [0, 0.1) is 5.92 Å². The van der Waals surface area contributed by atoms with Crippen molar-refractivity contribution in [3.05, 3.63) is 60.2 Å². The average Bonchev–Trinajstić information content (AvgIpc) is 2.56. The van der Waals surface area contributed by atoms with E-state index in [-0.39, 0.29) is 18.2 Å². The molecule has 0 spiro atoms. The summed E-state index contributed by atoms with van der Waals surface area (Å²) in [6.07, 6.45) is -0.386. The van der Waals surface area contributed by atoms with Gasteiger partial charge < -0.3 is 15.7 Å². The maximum atomic E-state index is 12.0. The third-order valence-corrected chi connectivity index (χ3v) is 3.61. The zero-order valence-corrected chi connectivity index (χ0v) is 14.5. The number of benzene rings is 2. The minimum Gasteiger partial charge on any atom is -0.388 e. The van der Waals surface area contributed by atoms with E-state index < -0.39 is 6.10 Å². The van der Waals surface area contributed by atoms with Gasteiger partial charge in [0.1, 0.15) is 0 Å². The number of rotatable bonds is 7. The van der Waals surface area contributed by atoms with Gasteiger partial charge in [-0.05, 0) is 35.7 Å². The highest BCUT2D eigenvalue weighted by atomic mass is 16.3. The minimum atomic E-state index is -0.837. The third kappa shape index (κ3) is 6.39. The lowest BCUT2D eigenvalue weighted by atomic mass is 10.1. The topological polar surface area (TPSA) is 78.4 Å². The zero-order valence-electron chi connectivity index (χ0n) is 14.5. The van der Waals surface area contributed by atoms with Crippen molar-refractivity contribution in [2.24, 2.45) is 5.92 Å². The molecule has 5 nitrogen and oxygen atoms in total. The molecule has 2 aromatic rings. The van der Waals surface area contributed by atoms with E-state index in [0.717, 1.165) is 0 Å². The number of aliphatic hydroxyl groups is 1. The first-order valence-electron chi connectivity index (χ1n) is 8.37. The molecule has 0 bridgehead atoms. The van der Waals surface area contributed by atoms with Crippen LogP contribution in [0.5, 0.6) is 0 Å². The number of carbonyl (C=O) groups is 2. The molecule has 0 saturated heterocycles. The Morgan fingerprint density at radius 1 is 0.840 bits per heavy atom. The van der Waals surface area contributed by atoms with Gasteiger partial charge in [-0.25, -0.2) is 0 Å². The monoisotopic (exact) mass is 340 g/mol. The molecular formula is C20H24N2O3. The number of hydrogen-bond donors (Lipinski definition) is 3. The van der Waals surface area contributed by atoms with E-state index in [1.54, 1.807) is 36.4 Å². The van der Waals surface area contributed by atoms with Crippen LogP contribution >= 0.6 is 0 Å². The minimum absolute atomic E-state index is 0.0170. The Labute approximate surface area is 148 Å². The Kier molecular flexibility index (Phi) is 6.71. The summed E-state index contributed by atoms with van der Waals surface area (Å²) in [6, 6.07) is 16.0. The Morgan fingerprint density at radius 2 is 1.32 bits per heavy atom. The Bertz CT molecular complexity index is 697. The number of carbonyl (C=O) groups excluding carboxylic acids is 2. The molecule has 0 aliphatic heterocycles. The van der Waals surface area contributed by atoms with E-state index in [0.29, 0.717) is 29.3 Å². The summed E-state index contributed by atoms with van der Waals surface area (Å²) in [6.45, 7) is 3.98. The van der Waals surface area contributed by atoms with E-state index in [2.05, 4.69) is 10.6 Å². The number of nitrogens with one attached hydrogen (secondary N) is 2. The summed E-state index contributed by atoms with van der Waals surface area (Å²) in [5, 5.41) is 15.6. The van der Waals surface area contributed by atoms with Crippen molar-refractivity contribution < 1.29 is 14.7 Å². The van der Waals surface area contributed by atoms with Crippen LogP contribution in [-0.2, 0) is 9.59 Å². The van der Waals surface area contributed by atoms with Crippen LogP contribution in [-0.4, -0.2) is 16.9 Å². The van der Waals surface area contributed by atoms with Crippen LogP contribution in [0.25, 0.3) is 0 Å². The van der Waals surface area contributed by atoms with E-state index in [1.807, 2.05) is 32.0 Å². The molecule has 1 unspecified atom stereocenters.